The number of quaternary nitrogens is 1. The number of rotatable bonds is 67. The van der Waals surface area contributed by atoms with Gasteiger partial charge in [0, 0.05) is 12.8 Å². The molecule has 85 heavy (non-hydrogen) atoms. The largest absolute Gasteiger partial charge is 0.472 e. The Morgan fingerprint density at radius 1 is 0.412 bits per heavy atom. The Hall–Kier alpha value is -2.29. The van der Waals surface area contributed by atoms with E-state index in [1.54, 1.807) is 0 Å². The molecule has 0 saturated carbocycles. The molecule has 0 aromatic rings. The first-order valence-electron chi connectivity index (χ1n) is 36.6. The topological polar surface area (TPSA) is 111 Å². The van der Waals surface area contributed by atoms with Crippen molar-refractivity contribution in [2.24, 2.45) is 0 Å². The Kier molecular flexibility index (Phi) is 62.9. The van der Waals surface area contributed by atoms with E-state index in [1.165, 1.54) is 250 Å². The second-order valence-electron chi connectivity index (χ2n) is 26.1. The van der Waals surface area contributed by atoms with Crippen LogP contribution in [0.25, 0.3) is 0 Å². The van der Waals surface area contributed by atoms with Gasteiger partial charge in [-0.3, -0.25) is 18.6 Å². The molecular formula is C75H142N2O7P+. The summed E-state index contributed by atoms with van der Waals surface area (Å²) >= 11 is 0. The fourth-order valence-electron chi connectivity index (χ4n) is 10.8. The molecule has 9 nitrogen and oxygen atoms in total. The van der Waals surface area contributed by atoms with E-state index in [1.807, 2.05) is 33.3 Å². The van der Waals surface area contributed by atoms with Crippen LogP contribution >= 0.6 is 7.82 Å². The van der Waals surface area contributed by atoms with Crippen LogP contribution in [-0.4, -0.2) is 74.3 Å². The molecule has 1 amide bonds. The van der Waals surface area contributed by atoms with Crippen molar-refractivity contribution >= 4 is 19.7 Å². The fraction of sp³-hybridized carbons (Fsp3) is 0.840. The first-order chi connectivity index (χ1) is 41.4. The molecule has 0 spiro atoms. The molecule has 10 heteroatoms. The van der Waals surface area contributed by atoms with Crippen molar-refractivity contribution in [2.75, 3.05) is 40.9 Å². The number of ether oxygens (including phenoxy) is 1. The van der Waals surface area contributed by atoms with Crippen LogP contribution in [0.15, 0.2) is 60.8 Å². The fourth-order valence-corrected chi connectivity index (χ4v) is 11.5. The number of allylic oxidation sites excluding steroid dienone is 9. The lowest BCUT2D eigenvalue weighted by Gasteiger charge is -2.27. The Balaban J connectivity index is 4.94. The quantitative estimate of drug-likeness (QED) is 0.0205. The lowest BCUT2D eigenvalue weighted by atomic mass is 10.0. The van der Waals surface area contributed by atoms with Gasteiger partial charge in [-0.2, -0.15) is 0 Å². The number of amides is 1. The van der Waals surface area contributed by atoms with Gasteiger partial charge in [0.15, 0.2) is 0 Å². The zero-order chi connectivity index (χ0) is 62.1. The molecule has 0 aromatic carbocycles. The van der Waals surface area contributed by atoms with E-state index < -0.39 is 20.0 Å². The Bertz CT molecular complexity index is 1640. The molecule has 0 saturated heterocycles. The molecule has 3 atom stereocenters. The lowest BCUT2D eigenvalue weighted by Crippen LogP contribution is -2.47. The number of likely N-dealkylation sites (N-methyl/N-ethyl adjacent to an activating group) is 1. The van der Waals surface area contributed by atoms with Crippen molar-refractivity contribution in [2.45, 2.75) is 367 Å². The molecule has 0 fully saturated rings. The van der Waals surface area contributed by atoms with E-state index in [9.17, 15) is 19.0 Å². The van der Waals surface area contributed by atoms with Crippen LogP contribution in [-0.2, 0) is 27.9 Å². The summed E-state index contributed by atoms with van der Waals surface area (Å²) in [5.41, 5.74) is 0. The highest BCUT2D eigenvalue weighted by molar-refractivity contribution is 7.47. The molecule has 0 heterocycles. The van der Waals surface area contributed by atoms with Crippen LogP contribution in [0.4, 0.5) is 0 Å². The number of hydrogen-bond donors (Lipinski definition) is 2. The van der Waals surface area contributed by atoms with E-state index in [0.29, 0.717) is 23.9 Å². The third-order valence-electron chi connectivity index (χ3n) is 16.4. The van der Waals surface area contributed by atoms with Gasteiger partial charge in [0.1, 0.15) is 19.3 Å². The van der Waals surface area contributed by atoms with Crippen LogP contribution < -0.4 is 5.32 Å². The van der Waals surface area contributed by atoms with E-state index in [-0.39, 0.29) is 25.1 Å². The lowest BCUT2D eigenvalue weighted by molar-refractivity contribution is -0.870. The summed E-state index contributed by atoms with van der Waals surface area (Å²) < 4.78 is 30.8. The summed E-state index contributed by atoms with van der Waals surface area (Å²) in [6, 6.07) is -0.849. The van der Waals surface area contributed by atoms with Crippen LogP contribution in [0.3, 0.4) is 0 Å². The zero-order valence-corrected chi connectivity index (χ0v) is 58.0. The first kappa shape index (κ1) is 82.7. The maximum Gasteiger partial charge on any atom is 0.472 e. The molecule has 2 N–H and O–H groups in total. The molecule has 0 bridgehead atoms. The van der Waals surface area contributed by atoms with E-state index in [0.717, 1.165) is 70.6 Å². The molecule has 0 aliphatic heterocycles. The van der Waals surface area contributed by atoms with Crippen LogP contribution in [0.1, 0.15) is 355 Å². The van der Waals surface area contributed by atoms with Crippen molar-refractivity contribution in [1.29, 1.82) is 0 Å². The Morgan fingerprint density at radius 3 is 1.08 bits per heavy atom. The third-order valence-corrected chi connectivity index (χ3v) is 17.4. The van der Waals surface area contributed by atoms with Gasteiger partial charge in [-0.1, -0.05) is 307 Å². The van der Waals surface area contributed by atoms with Gasteiger partial charge in [-0.15, -0.1) is 0 Å². The highest BCUT2D eigenvalue weighted by Gasteiger charge is 2.30. The number of nitrogens with one attached hydrogen (secondary N) is 1. The second kappa shape index (κ2) is 64.7. The van der Waals surface area contributed by atoms with Gasteiger partial charge in [-0.25, -0.2) is 4.57 Å². The summed E-state index contributed by atoms with van der Waals surface area (Å²) in [6.07, 6.45) is 83.8. The highest BCUT2D eigenvalue weighted by Crippen LogP contribution is 2.43. The SMILES string of the molecule is CCCCC/C=C\C/C=C\CCCCCCCCCCCCCCCCCCCC(=O)NC(COP(=O)(O)OCC[N+](C)(C)C)C(/C=C\CCCCCCCCCCC)OC(=O)CCCCCCCCCCCCC/C=C\C/C=C\CCCCC. The van der Waals surface area contributed by atoms with Crippen LogP contribution in [0, 0.1) is 0 Å². The van der Waals surface area contributed by atoms with E-state index in [2.05, 4.69) is 74.7 Å². The average Bonchev–Trinajstić information content (AvgIpc) is 3.64. The molecule has 0 aromatic heterocycles. The van der Waals surface area contributed by atoms with Gasteiger partial charge in [0.2, 0.25) is 5.91 Å². The smallest absolute Gasteiger partial charge is 0.456 e. The summed E-state index contributed by atoms with van der Waals surface area (Å²) in [5.74, 6) is -0.493. The molecule has 0 aliphatic carbocycles. The number of hydrogen-bond acceptors (Lipinski definition) is 6. The maximum absolute atomic E-state index is 13.6. The van der Waals surface area contributed by atoms with E-state index in [4.69, 9.17) is 13.8 Å². The van der Waals surface area contributed by atoms with Crippen molar-refractivity contribution in [3.63, 3.8) is 0 Å². The Labute approximate surface area is 528 Å². The second-order valence-corrected chi connectivity index (χ2v) is 27.6. The monoisotopic (exact) mass is 1210 g/mol. The number of phosphoric acid groups is 1. The Morgan fingerprint density at radius 2 is 0.718 bits per heavy atom. The minimum absolute atomic E-state index is 0.0407. The summed E-state index contributed by atoms with van der Waals surface area (Å²) in [6.45, 7) is 7.00. The summed E-state index contributed by atoms with van der Waals surface area (Å²) in [5, 5.41) is 3.08. The van der Waals surface area contributed by atoms with Gasteiger partial charge in [-0.05, 0) is 96.0 Å². The van der Waals surface area contributed by atoms with Crippen molar-refractivity contribution in [1.82, 2.24) is 5.32 Å². The number of nitrogens with zero attached hydrogens (tertiary/aromatic N) is 1. The number of esters is 1. The summed E-state index contributed by atoms with van der Waals surface area (Å²) in [7, 11) is 1.51. The minimum atomic E-state index is -4.45. The standard InChI is InChI=1S/C75H141N2O7P/c1-7-10-13-16-19-22-25-27-29-31-33-35-36-37-38-39-40-42-43-45-47-49-52-55-58-61-64-67-74(78)76-72(71-83-85(80,81)82-70-69-77(4,5)6)73(66-63-60-57-54-51-24-21-18-15-12-9-3)84-75(79)68-65-62-59-56-53-50-48-46-44-41-34-32-30-28-26-23-20-17-14-11-8-2/h19-20,22-23,27-30,63,66,72-73H,7-18,21,24-26,31-62,64-65,67-71H2,1-6H3,(H-,76,78,80,81)/p+1/b22-19-,23-20-,29-27-,30-28-,66-63-. The molecule has 498 valence electrons. The molecule has 3 unspecified atom stereocenters. The van der Waals surface area contributed by atoms with E-state index >= 15 is 0 Å². The zero-order valence-electron chi connectivity index (χ0n) is 57.1. The molecule has 0 radical (unpaired) electrons. The first-order valence-corrected chi connectivity index (χ1v) is 38.1. The molecule has 0 aliphatic rings. The van der Waals surface area contributed by atoms with Gasteiger partial charge in [0.05, 0.1) is 33.8 Å². The van der Waals surface area contributed by atoms with Crippen LogP contribution in [0.2, 0.25) is 0 Å². The average molecular weight is 1210 g/mol. The van der Waals surface area contributed by atoms with Crippen LogP contribution in [0.5, 0.6) is 0 Å². The normalized spacial score (nSPS) is 13.8. The minimum Gasteiger partial charge on any atom is -0.456 e. The number of carbonyl (C=O) groups is 2. The summed E-state index contributed by atoms with van der Waals surface area (Å²) in [4.78, 5) is 37.9. The highest BCUT2D eigenvalue weighted by atomic mass is 31.2. The number of unbranched alkanes of at least 4 members (excludes halogenated alkanes) is 43. The van der Waals surface area contributed by atoms with Crippen molar-refractivity contribution < 1.29 is 37.3 Å². The third kappa shape index (κ3) is 66.0. The van der Waals surface area contributed by atoms with Gasteiger partial charge in [0.25, 0.3) is 0 Å². The number of phosphoric ester groups is 1. The number of carbonyl (C=O) groups excluding carboxylic acids is 2. The molecule has 0 rings (SSSR count). The van der Waals surface area contributed by atoms with Gasteiger partial charge >= 0.3 is 13.8 Å². The maximum atomic E-state index is 13.6. The predicted molar refractivity (Wildman–Crippen MR) is 369 cm³/mol. The predicted octanol–water partition coefficient (Wildman–Crippen LogP) is 23.3. The molecular weight excluding hydrogens is 1070 g/mol. The van der Waals surface area contributed by atoms with Crippen molar-refractivity contribution in [3.8, 4) is 0 Å². The van der Waals surface area contributed by atoms with Crippen molar-refractivity contribution in [3.05, 3.63) is 60.8 Å². The van der Waals surface area contributed by atoms with Gasteiger partial charge < -0.3 is 19.4 Å².